The van der Waals surface area contributed by atoms with E-state index in [-0.39, 0.29) is 21.3 Å². The van der Waals surface area contributed by atoms with E-state index in [1.54, 1.807) is 13.0 Å². The van der Waals surface area contributed by atoms with Gasteiger partial charge in [-0.15, -0.1) is 0 Å². The summed E-state index contributed by atoms with van der Waals surface area (Å²) in [5.41, 5.74) is 1.27. The second-order valence-electron chi connectivity index (χ2n) is 7.15. The number of carbonyl (C=O) groups excluding carboxylic acids is 2. The summed E-state index contributed by atoms with van der Waals surface area (Å²) < 4.78 is 52.0. The van der Waals surface area contributed by atoms with E-state index in [0.29, 0.717) is 11.1 Å². The first-order valence-corrected chi connectivity index (χ1v) is 12.0. The van der Waals surface area contributed by atoms with Crippen LogP contribution in [0.3, 0.4) is 0 Å². The van der Waals surface area contributed by atoms with E-state index in [2.05, 4.69) is 5.32 Å². The van der Waals surface area contributed by atoms with E-state index in [0.717, 1.165) is 8.61 Å². The van der Waals surface area contributed by atoms with Crippen LogP contribution < -0.4 is 5.32 Å². The summed E-state index contributed by atoms with van der Waals surface area (Å²) in [4.78, 5) is 23.8. The van der Waals surface area contributed by atoms with Crippen molar-refractivity contribution in [2.45, 2.75) is 23.6 Å². The summed E-state index contributed by atoms with van der Waals surface area (Å²) in [5.74, 6) is -0.820. The van der Waals surface area contributed by atoms with Gasteiger partial charge in [-0.1, -0.05) is 18.2 Å². The smallest absolute Gasteiger partial charge is 0.243 e. The fourth-order valence-electron chi connectivity index (χ4n) is 2.63. The van der Waals surface area contributed by atoms with Crippen molar-refractivity contribution >= 4 is 37.4 Å². The molecule has 0 heterocycles. The van der Waals surface area contributed by atoms with Crippen molar-refractivity contribution in [2.24, 2.45) is 0 Å². The Morgan fingerprint density at radius 3 is 1.94 bits per heavy atom. The fourth-order valence-corrected chi connectivity index (χ4v) is 4.68. The maximum atomic E-state index is 12.7. The van der Waals surface area contributed by atoms with Crippen molar-refractivity contribution in [3.8, 4) is 0 Å². The van der Waals surface area contributed by atoms with Crippen LogP contribution in [0.4, 0.5) is 5.69 Å². The van der Waals surface area contributed by atoms with Crippen molar-refractivity contribution in [1.82, 2.24) is 8.61 Å². The molecule has 2 aromatic rings. The molecule has 0 atom stereocenters. The Morgan fingerprint density at radius 1 is 0.871 bits per heavy atom. The molecule has 11 heteroatoms. The molecule has 0 spiro atoms. The molecular weight excluding hydrogens is 442 g/mol. The standard InChI is InChI=1S/C20H25N3O6S2/c1-14-6-9-18(30(26,27)22(3)4)12-19(14)21-20(25)13-23(5)31(28,29)17-10-7-16(8-11-17)15(2)24/h6-12H,13H2,1-5H3,(H,21,25). The number of rotatable bonds is 8. The van der Waals surface area contributed by atoms with Gasteiger partial charge in [-0.25, -0.2) is 21.1 Å². The minimum absolute atomic E-state index is 0.00457. The second kappa shape index (κ2) is 9.27. The molecule has 2 aromatic carbocycles. The normalized spacial score (nSPS) is 12.2. The average Bonchev–Trinajstić information content (AvgIpc) is 2.69. The lowest BCUT2D eigenvalue weighted by molar-refractivity contribution is -0.116. The highest BCUT2D eigenvalue weighted by molar-refractivity contribution is 7.89. The van der Waals surface area contributed by atoms with E-state index in [9.17, 15) is 26.4 Å². The molecule has 0 aliphatic rings. The zero-order chi connectivity index (χ0) is 23.6. The number of amides is 1. The molecule has 0 aromatic heterocycles. The number of hydrogen-bond donors (Lipinski definition) is 1. The van der Waals surface area contributed by atoms with Gasteiger partial charge < -0.3 is 5.32 Å². The fraction of sp³-hybridized carbons (Fsp3) is 0.300. The first kappa shape index (κ1) is 24.7. The number of nitrogens with zero attached hydrogens (tertiary/aromatic N) is 2. The summed E-state index contributed by atoms with van der Waals surface area (Å²) in [6, 6.07) is 9.74. The van der Waals surface area contributed by atoms with Crippen LogP contribution >= 0.6 is 0 Å². The van der Waals surface area contributed by atoms with Gasteiger partial charge in [0.25, 0.3) is 0 Å². The highest BCUT2D eigenvalue weighted by atomic mass is 32.2. The molecule has 0 aliphatic carbocycles. The molecule has 0 bridgehead atoms. The number of aryl methyl sites for hydroxylation is 1. The maximum Gasteiger partial charge on any atom is 0.243 e. The number of anilines is 1. The molecule has 0 saturated heterocycles. The maximum absolute atomic E-state index is 12.7. The van der Waals surface area contributed by atoms with Crippen LogP contribution in [0.5, 0.6) is 0 Å². The monoisotopic (exact) mass is 467 g/mol. The summed E-state index contributed by atoms with van der Waals surface area (Å²) in [6.45, 7) is 2.58. The van der Waals surface area contributed by atoms with Crippen LogP contribution in [0.25, 0.3) is 0 Å². The van der Waals surface area contributed by atoms with Crippen molar-refractivity contribution in [1.29, 1.82) is 0 Å². The van der Waals surface area contributed by atoms with E-state index in [1.165, 1.54) is 64.5 Å². The number of Topliss-reactive ketones (excluding diaryl/α,β-unsaturated/α-hetero) is 1. The molecule has 0 aliphatic heterocycles. The first-order valence-electron chi connectivity index (χ1n) is 9.17. The highest BCUT2D eigenvalue weighted by Gasteiger charge is 2.24. The molecule has 31 heavy (non-hydrogen) atoms. The van der Waals surface area contributed by atoms with Gasteiger partial charge in [0.2, 0.25) is 26.0 Å². The molecule has 2 rings (SSSR count). The van der Waals surface area contributed by atoms with E-state index in [4.69, 9.17) is 0 Å². The van der Waals surface area contributed by atoms with E-state index < -0.39 is 32.5 Å². The molecule has 9 nitrogen and oxygen atoms in total. The van der Waals surface area contributed by atoms with Gasteiger partial charge in [0.1, 0.15) is 0 Å². The first-order chi connectivity index (χ1) is 14.3. The Hall–Kier alpha value is -2.60. The number of ketones is 1. The largest absolute Gasteiger partial charge is 0.325 e. The van der Waals surface area contributed by atoms with Crippen LogP contribution in [0.15, 0.2) is 52.3 Å². The van der Waals surface area contributed by atoms with Gasteiger partial charge in [-0.2, -0.15) is 4.31 Å². The lowest BCUT2D eigenvalue weighted by Gasteiger charge is -2.18. The molecule has 1 amide bonds. The average molecular weight is 468 g/mol. The Labute approximate surface area is 182 Å². The van der Waals surface area contributed by atoms with Crippen LogP contribution in [0.1, 0.15) is 22.8 Å². The third kappa shape index (κ3) is 5.56. The zero-order valence-corrected chi connectivity index (χ0v) is 19.5. The van der Waals surface area contributed by atoms with Crippen LogP contribution in [-0.4, -0.2) is 64.8 Å². The summed E-state index contributed by atoms with van der Waals surface area (Å²) in [6.07, 6.45) is 0. The topological polar surface area (TPSA) is 121 Å². The van der Waals surface area contributed by atoms with Gasteiger partial charge in [0.15, 0.2) is 5.78 Å². The van der Waals surface area contributed by atoms with Gasteiger partial charge in [-0.05, 0) is 43.7 Å². The predicted molar refractivity (Wildman–Crippen MR) is 117 cm³/mol. The van der Waals surface area contributed by atoms with Crippen molar-refractivity contribution in [3.05, 3.63) is 53.6 Å². The predicted octanol–water partition coefficient (Wildman–Crippen LogP) is 1.71. The van der Waals surface area contributed by atoms with E-state index in [1.807, 2.05) is 0 Å². The molecule has 0 unspecified atom stereocenters. The third-order valence-corrected chi connectivity index (χ3v) is 8.23. The Bertz CT molecular complexity index is 1200. The van der Waals surface area contributed by atoms with Crippen LogP contribution in [0, 0.1) is 6.92 Å². The second-order valence-corrected chi connectivity index (χ2v) is 11.4. The molecule has 0 saturated carbocycles. The van der Waals surface area contributed by atoms with Gasteiger partial charge in [0.05, 0.1) is 16.3 Å². The molecule has 0 radical (unpaired) electrons. The number of likely N-dealkylation sites (N-methyl/N-ethyl adjacent to an activating group) is 1. The molecule has 0 fully saturated rings. The number of carbonyl (C=O) groups is 2. The minimum atomic E-state index is -3.96. The Morgan fingerprint density at radius 2 is 1.42 bits per heavy atom. The highest BCUT2D eigenvalue weighted by Crippen LogP contribution is 2.22. The van der Waals surface area contributed by atoms with Gasteiger partial charge in [0, 0.05) is 32.4 Å². The molecule has 1 N–H and O–H groups in total. The van der Waals surface area contributed by atoms with Crippen molar-refractivity contribution < 1.29 is 26.4 Å². The quantitative estimate of drug-likeness (QED) is 0.590. The number of sulfonamides is 2. The third-order valence-electron chi connectivity index (χ3n) is 4.60. The lowest BCUT2D eigenvalue weighted by atomic mass is 10.2. The summed E-state index contributed by atoms with van der Waals surface area (Å²) in [5, 5.41) is 2.57. The number of nitrogens with one attached hydrogen (secondary N) is 1. The van der Waals surface area contributed by atoms with Gasteiger partial charge in [-0.3, -0.25) is 9.59 Å². The van der Waals surface area contributed by atoms with Crippen molar-refractivity contribution in [2.75, 3.05) is 33.0 Å². The zero-order valence-electron chi connectivity index (χ0n) is 17.9. The van der Waals surface area contributed by atoms with Gasteiger partial charge >= 0.3 is 0 Å². The van der Waals surface area contributed by atoms with Crippen LogP contribution in [-0.2, 0) is 24.8 Å². The van der Waals surface area contributed by atoms with Crippen LogP contribution in [0.2, 0.25) is 0 Å². The number of benzene rings is 2. The molecule has 168 valence electrons. The summed E-state index contributed by atoms with van der Waals surface area (Å²) in [7, 11) is -3.60. The Balaban J connectivity index is 2.19. The Kier molecular flexibility index (Phi) is 7.37. The SMILES string of the molecule is CC(=O)c1ccc(S(=O)(=O)N(C)CC(=O)Nc2cc(S(=O)(=O)N(C)C)ccc2C)cc1. The molecular formula is C20H25N3O6S2. The summed E-state index contributed by atoms with van der Waals surface area (Å²) >= 11 is 0. The van der Waals surface area contributed by atoms with E-state index >= 15 is 0 Å². The minimum Gasteiger partial charge on any atom is -0.325 e. The number of hydrogen-bond acceptors (Lipinski definition) is 6. The van der Waals surface area contributed by atoms with Crippen molar-refractivity contribution in [3.63, 3.8) is 0 Å². The lowest BCUT2D eigenvalue weighted by Crippen LogP contribution is -2.35.